The number of nitrogens with one attached hydrogen (secondary N) is 1. The van der Waals surface area contributed by atoms with E-state index in [1.54, 1.807) is 43.5 Å². The van der Waals surface area contributed by atoms with Gasteiger partial charge in [0.1, 0.15) is 0 Å². The van der Waals surface area contributed by atoms with E-state index >= 15 is 0 Å². The molecular weight excluding hydrogens is 580 g/mol. The molecule has 10 heteroatoms. The Hall–Kier alpha value is -4.44. The molecule has 1 amide bonds. The minimum atomic E-state index is -0.295. The van der Waals surface area contributed by atoms with E-state index in [2.05, 4.69) is 21.2 Å². The molecule has 1 N–H and O–H groups in total. The SMILES string of the molecule is COc1c2c(c(Br)c3c1OCO3)CCN(C)C(C(=O)c1ccc(NC(=O)C=Cc3ccc4c(c3)OCO4)cc1)=C2. The summed E-state index contributed by atoms with van der Waals surface area (Å²) in [4.78, 5) is 28.0. The van der Waals surface area contributed by atoms with Gasteiger partial charge in [0.25, 0.3) is 0 Å². The number of allylic oxidation sites excluding steroid dienone is 1. The van der Waals surface area contributed by atoms with E-state index < -0.39 is 0 Å². The Bertz CT molecular complexity index is 1580. The number of rotatable bonds is 6. The molecule has 0 unspecified atom stereocenters. The second-order valence-electron chi connectivity index (χ2n) is 9.35. The molecule has 9 nitrogen and oxygen atoms in total. The number of ketones is 1. The van der Waals surface area contributed by atoms with Crippen molar-refractivity contribution in [2.24, 2.45) is 0 Å². The number of methoxy groups -OCH3 is 1. The first-order chi connectivity index (χ1) is 19.4. The maximum Gasteiger partial charge on any atom is 0.248 e. The lowest BCUT2D eigenvalue weighted by atomic mass is 10.0. The molecule has 3 heterocycles. The summed E-state index contributed by atoms with van der Waals surface area (Å²) in [5.41, 5.74) is 4.17. The second kappa shape index (κ2) is 10.6. The Morgan fingerprint density at radius 2 is 1.75 bits per heavy atom. The first-order valence-corrected chi connectivity index (χ1v) is 13.4. The Morgan fingerprint density at radius 3 is 2.55 bits per heavy atom. The number of nitrogens with zero attached hydrogens (tertiary/aromatic N) is 1. The van der Waals surface area contributed by atoms with Crippen LogP contribution in [0.5, 0.6) is 28.7 Å². The van der Waals surface area contributed by atoms with Crippen molar-refractivity contribution in [3.63, 3.8) is 0 Å². The van der Waals surface area contributed by atoms with Crippen molar-refractivity contribution in [3.05, 3.63) is 81.0 Å². The minimum Gasteiger partial charge on any atom is -0.492 e. The Morgan fingerprint density at radius 1 is 1.00 bits per heavy atom. The van der Waals surface area contributed by atoms with E-state index in [0.717, 1.165) is 21.2 Å². The van der Waals surface area contributed by atoms with Crippen LogP contribution < -0.4 is 29.0 Å². The van der Waals surface area contributed by atoms with E-state index in [0.29, 0.717) is 58.7 Å². The molecule has 40 heavy (non-hydrogen) atoms. The van der Waals surface area contributed by atoms with Gasteiger partial charge in [-0.05, 0) is 82.0 Å². The number of hydrogen-bond acceptors (Lipinski definition) is 8. The van der Waals surface area contributed by atoms with Gasteiger partial charge in [-0.2, -0.15) is 0 Å². The summed E-state index contributed by atoms with van der Waals surface area (Å²) in [6.45, 7) is 0.927. The number of fused-ring (bicyclic) bond motifs is 3. The van der Waals surface area contributed by atoms with Gasteiger partial charge < -0.3 is 33.9 Å². The highest BCUT2D eigenvalue weighted by molar-refractivity contribution is 9.10. The van der Waals surface area contributed by atoms with E-state index in [1.807, 2.05) is 30.2 Å². The second-order valence-corrected chi connectivity index (χ2v) is 10.1. The molecule has 3 aromatic rings. The fourth-order valence-electron chi connectivity index (χ4n) is 4.84. The molecule has 0 saturated heterocycles. The predicted octanol–water partition coefficient (Wildman–Crippen LogP) is 5.28. The molecule has 3 aliphatic rings. The lowest BCUT2D eigenvalue weighted by Gasteiger charge is -2.20. The molecule has 0 bridgehead atoms. The zero-order valence-electron chi connectivity index (χ0n) is 21.8. The Balaban J connectivity index is 1.20. The van der Waals surface area contributed by atoms with E-state index in [4.69, 9.17) is 23.7 Å². The predicted molar refractivity (Wildman–Crippen MR) is 152 cm³/mol. The number of likely N-dealkylation sites (N-methyl/N-ethyl adjacent to an activating group) is 1. The molecule has 0 saturated carbocycles. The zero-order valence-corrected chi connectivity index (χ0v) is 23.4. The van der Waals surface area contributed by atoms with Crippen LogP contribution in [0.25, 0.3) is 12.2 Å². The third-order valence-corrected chi connectivity index (χ3v) is 7.76. The number of carbonyl (C=O) groups is 2. The van der Waals surface area contributed by atoms with Crippen molar-refractivity contribution >= 4 is 45.5 Å². The van der Waals surface area contributed by atoms with Crippen LogP contribution in [0.3, 0.4) is 0 Å². The quantitative estimate of drug-likeness (QED) is 0.300. The summed E-state index contributed by atoms with van der Waals surface area (Å²) in [5.74, 6) is 2.57. The summed E-state index contributed by atoms with van der Waals surface area (Å²) in [7, 11) is 3.46. The molecule has 3 aliphatic heterocycles. The molecule has 0 atom stereocenters. The molecule has 0 aliphatic carbocycles. The van der Waals surface area contributed by atoms with Crippen molar-refractivity contribution in [2.45, 2.75) is 6.42 Å². The number of halogens is 1. The highest BCUT2D eigenvalue weighted by Gasteiger charge is 2.31. The standard InChI is InChI=1S/C30H25BrN2O7/c1-33-12-11-20-21(28(36-2)30-29(26(20)31)39-16-40-30)14-22(33)27(35)18-5-7-19(8-6-18)32-25(34)10-4-17-3-9-23-24(13-17)38-15-37-23/h3-10,13-14H,11-12,15-16H2,1-2H3,(H,32,34). The van der Waals surface area contributed by atoms with Crippen LogP contribution in [-0.2, 0) is 11.2 Å². The zero-order chi connectivity index (χ0) is 27.8. The van der Waals surface area contributed by atoms with Gasteiger partial charge >= 0.3 is 0 Å². The smallest absolute Gasteiger partial charge is 0.248 e. The van der Waals surface area contributed by atoms with Crippen molar-refractivity contribution < 1.29 is 33.3 Å². The summed E-state index contributed by atoms with van der Waals surface area (Å²) in [6.07, 6.45) is 5.65. The summed E-state index contributed by atoms with van der Waals surface area (Å²) >= 11 is 3.66. The van der Waals surface area contributed by atoms with Crippen LogP contribution >= 0.6 is 15.9 Å². The molecular formula is C30H25BrN2O7. The first kappa shape index (κ1) is 25.8. The maximum absolute atomic E-state index is 13.6. The largest absolute Gasteiger partial charge is 0.492 e. The molecule has 204 valence electrons. The van der Waals surface area contributed by atoms with Gasteiger partial charge in [0.05, 0.1) is 17.3 Å². The number of amides is 1. The van der Waals surface area contributed by atoms with Crippen molar-refractivity contribution in [2.75, 3.05) is 39.6 Å². The topological polar surface area (TPSA) is 95.6 Å². The third-order valence-electron chi connectivity index (χ3n) is 6.92. The minimum absolute atomic E-state index is 0.111. The van der Waals surface area contributed by atoms with Crippen molar-refractivity contribution in [3.8, 4) is 28.7 Å². The summed E-state index contributed by atoms with van der Waals surface area (Å²) in [6, 6.07) is 12.3. The molecule has 3 aromatic carbocycles. The van der Waals surface area contributed by atoms with Crippen LogP contribution in [-0.4, -0.2) is 50.9 Å². The van der Waals surface area contributed by atoms with E-state index in [-0.39, 0.29) is 25.3 Å². The fraction of sp³-hybridized carbons (Fsp3) is 0.200. The van der Waals surface area contributed by atoms with Crippen LogP contribution in [0.15, 0.2) is 58.7 Å². The molecule has 0 aromatic heterocycles. The highest BCUT2D eigenvalue weighted by atomic mass is 79.9. The fourth-order valence-corrected chi connectivity index (χ4v) is 5.54. The van der Waals surface area contributed by atoms with Crippen LogP contribution in [0.1, 0.15) is 27.0 Å². The number of carbonyl (C=O) groups excluding carboxylic acids is 2. The summed E-state index contributed by atoms with van der Waals surface area (Å²) in [5, 5.41) is 2.82. The van der Waals surface area contributed by atoms with Gasteiger partial charge in [0.15, 0.2) is 23.0 Å². The average Bonchev–Trinajstić information content (AvgIpc) is 3.61. The number of ether oxygens (including phenoxy) is 5. The number of hydrogen-bond donors (Lipinski definition) is 1. The molecule has 0 radical (unpaired) electrons. The summed E-state index contributed by atoms with van der Waals surface area (Å²) < 4.78 is 28.5. The van der Waals surface area contributed by atoms with Gasteiger partial charge in [0.2, 0.25) is 31.0 Å². The van der Waals surface area contributed by atoms with E-state index in [9.17, 15) is 9.59 Å². The Kier molecular flexibility index (Phi) is 6.85. The van der Waals surface area contributed by atoms with Gasteiger partial charge in [-0.3, -0.25) is 9.59 Å². The van der Waals surface area contributed by atoms with Gasteiger partial charge in [0, 0.05) is 36.5 Å². The van der Waals surface area contributed by atoms with Gasteiger partial charge in [-0.1, -0.05) is 6.07 Å². The normalized spacial score (nSPS) is 15.0. The molecule has 6 rings (SSSR count). The highest BCUT2D eigenvalue weighted by Crippen LogP contribution is 2.51. The van der Waals surface area contributed by atoms with Crippen LogP contribution in [0, 0.1) is 0 Å². The third kappa shape index (κ3) is 4.75. The maximum atomic E-state index is 13.6. The molecule has 0 fully saturated rings. The lowest BCUT2D eigenvalue weighted by molar-refractivity contribution is -0.111. The van der Waals surface area contributed by atoms with Gasteiger partial charge in [-0.25, -0.2) is 0 Å². The Labute approximate surface area is 239 Å². The van der Waals surface area contributed by atoms with Crippen LogP contribution in [0.2, 0.25) is 0 Å². The first-order valence-electron chi connectivity index (χ1n) is 12.6. The van der Waals surface area contributed by atoms with Crippen molar-refractivity contribution in [1.82, 2.24) is 4.90 Å². The lowest BCUT2D eigenvalue weighted by Crippen LogP contribution is -2.24. The van der Waals surface area contributed by atoms with Crippen LogP contribution in [0.4, 0.5) is 5.69 Å². The van der Waals surface area contributed by atoms with E-state index in [1.165, 1.54) is 6.08 Å². The van der Waals surface area contributed by atoms with Crippen molar-refractivity contribution in [1.29, 1.82) is 0 Å². The van der Waals surface area contributed by atoms with Gasteiger partial charge in [-0.15, -0.1) is 0 Å². The number of anilines is 1. The number of Topliss-reactive ketones (excluding diaryl/α,β-unsaturated/α-hetero) is 1. The molecule has 0 spiro atoms. The average molecular weight is 605 g/mol. The monoisotopic (exact) mass is 604 g/mol. The number of benzene rings is 3.